The van der Waals surface area contributed by atoms with Gasteiger partial charge in [-0.2, -0.15) is 0 Å². The number of anilines is 2. The van der Waals surface area contributed by atoms with Crippen LogP contribution in [0, 0.1) is 0 Å². The Morgan fingerprint density at radius 2 is 1.02 bits per heavy atom. The molecular formula is C44H56B7Cl5IN4O3. The highest BCUT2D eigenvalue weighted by Gasteiger charge is 2.31. The summed E-state index contributed by atoms with van der Waals surface area (Å²) in [5, 5.41) is 7.43. The molecule has 4 aromatic rings. The van der Waals surface area contributed by atoms with E-state index in [0.717, 1.165) is 65.5 Å². The molecule has 7 nitrogen and oxygen atoms in total. The average molecular weight is 1070 g/mol. The van der Waals surface area contributed by atoms with Gasteiger partial charge >= 0.3 is 0 Å². The molecule has 2 amide bonds. The maximum Gasteiger partial charge on any atom is 0.255 e. The van der Waals surface area contributed by atoms with Gasteiger partial charge in [0.15, 0.2) is 0 Å². The molecule has 0 bridgehead atoms. The number of nitrogens with zero attached hydrogens (tertiary/aromatic N) is 2. The third kappa shape index (κ3) is 19.5. The Bertz CT molecular complexity index is 1900. The molecular weight excluding hydrogens is 1010 g/mol. The van der Waals surface area contributed by atoms with Crippen molar-refractivity contribution < 1.29 is 59.7 Å². The van der Waals surface area contributed by atoms with E-state index in [0.29, 0.717) is 37.3 Å². The van der Waals surface area contributed by atoms with Crippen LogP contribution in [0.5, 0.6) is 0 Å². The van der Waals surface area contributed by atoms with Gasteiger partial charge in [0.05, 0.1) is 73.6 Å². The monoisotopic (exact) mass is 1070 g/mol. The fraction of sp³-hybridized carbons (Fsp3) is 0.409. The molecule has 333 valence electrons. The topological polar surface area (TPSA) is 67.4 Å². The summed E-state index contributed by atoms with van der Waals surface area (Å²) in [4.78, 5) is 24.8. The van der Waals surface area contributed by atoms with Crippen molar-refractivity contribution in [3.63, 3.8) is 0 Å². The molecule has 0 spiro atoms. The molecule has 1 aliphatic carbocycles. The highest BCUT2D eigenvalue weighted by atomic mass is 127. The Balaban J connectivity index is 0.000000535. The van der Waals surface area contributed by atoms with E-state index in [9.17, 15) is 9.59 Å². The zero-order chi connectivity index (χ0) is 44.7. The maximum absolute atomic E-state index is 12.4. The number of hydrogen-bond donors (Lipinski definition) is 2. The first-order valence-corrected chi connectivity index (χ1v) is 22.1. The van der Waals surface area contributed by atoms with Crippen molar-refractivity contribution in [1.82, 2.24) is 0 Å². The Hall–Kier alpha value is -1.67. The van der Waals surface area contributed by atoms with Crippen LogP contribution in [0.4, 0.5) is 11.4 Å². The van der Waals surface area contributed by atoms with Gasteiger partial charge in [0.1, 0.15) is 13.1 Å². The first-order valence-electron chi connectivity index (χ1n) is 20.6. The summed E-state index contributed by atoms with van der Waals surface area (Å²) in [6.45, 7) is 3.66. The van der Waals surface area contributed by atoms with Crippen LogP contribution in [0.25, 0.3) is 0 Å². The highest BCUT2D eigenvalue weighted by Crippen LogP contribution is 2.29. The van der Waals surface area contributed by atoms with E-state index in [1.165, 1.54) is 50.3 Å². The molecule has 2 fully saturated rings. The van der Waals surface area contributed by atoms with Gasteiger partial charge in [-0.15, -0.1) is 0 Å². The maximum atomic E-state index is 12.4. The SMILES string of the molecule is C.C[N+](C)(Cc1ccc(NC(=O)c2ccc(Cl)c(Cl)c2)cc1)C1CCCCC1.C[N+](C)(Cc1ccc(NC(=O)c2ccc(Cl)c(Cl)c2)cc1)C1CCOCC1.[B][B]B([B])B([B])[B].[Cl-].[I-]. The van der Waals surface area contributed by atoms with Crippen LogP contribution in [0.2, 0.25) is 20.1 Å². The molecule has 4 aromatic carbocycles. The second-order valence-corrected chi connectivity index (χ2v) is 18.5. The molecule has 0 aromatic heterocycles. The van der Waals surface area contributed by atoms with Crippen LogP contribution in [-0.4, -0.2) is 125 Å². The summed E-state index contributed by atoms with van der Waals surface area (Å²) in [5.74, 6) is -0.403. The lowest BCUT2D eigenvalue weighted by atomic mass is 8.76. The lowest BCUT2D eigenvalue weighted by Gasteiger charge is -2.40. The zero-order valence-electron chi connectivity index (χ0n) is 36.4. The minimum atomic E-state index is -0.537. The van der Waals surface area contributed by atoms with Crippen LogP contribution in [0.1, 0.15) is 84.2 Å². The van der Waals surface area contributed by atoms with E-state index in [1.807, 2.05) is 24.3 Å². The summed E-state index contributed by atoms with van der Waals surface area (Å²) in [6.07, 6.45) is 8.01. The van der Waals surface area contributed by atoms with E-state index < -0.39 is 6.39 Å². The van der Waals surface area contributed by atoms with Crippen molar-refractivity contribution in [2.75, 3.05) is 52.0 Å². The van der Waals surface area contributed by atoms with Crippen molar-refractivity contribution >= 4 is 120 Å². The fourth-order valence-electron chi connectivity index (χ4n) is 7.56. The number of quaternary nitrogens is 2. The summed E-state index contributed by atoms with van der Waals surface area (Å²) in [5.41, 5.74) is 5.04. The number of halogens is 6. The molecule has 1 heterocycles. The van der Waals surface area contributed by atoms with Crippen LogP contribution in [0.3, 0.4) is 0 Å². The first-order chi connectivity index (χ1) is 28.9. The molecule has 0 atom stereocenters. The molecule has 1 saturated heterocycles. The molecule has 1 aliphatic heterocycles. The van der Waals surface area contributed by atoms with Gasteiger partial charge in [0, 0.05) is 97.2 Å². The second kappa shape index (κ2) is 29.3. The van der Waals surface area contributed by atoms with Gasteiger partial charge in [-0.1, -0.05) is 84.5 Å². The number of hydrogen-bond acceptors (Lipinski definition) is 3. The van der Waals surface area contributed by atoms with Gasteiger partial charge in [0.2, 0.25) is 0 Å². The fourth-order valence-corrected chi connectivity index (χ4v) is 8.16. The van der Waals surface area contributed by atoms with Crippen molar-refractivity contribution in [3.8, 4) is 0 Å². The first kappa shape index (κ1) is 60.4. The molecule has 1 saturated carbocycles. The smallest absolute Gasteiger partial charge is 0.255 e. The van der Waals surface area contributed by atoms with Crippen molar-refractivity contribution in [3.05, 3.63) is 127 Å². The third-order valence-electron chi connectivity index (χ3n) is 11.4. The van der Waals surface area contributed by atoms with E-state index in [1.54, 1.807) is 36.4 Å². The zero-order valence-corrected chi connectivity index (χ0v) is 42.4. The molecule has 0 unspecified atom stereocenters. The summed E-state index contributed by atoms with van der Waals surface area (Å²) in [7, 11) is 30.8. The number of carbonyl (C=O) groups excluding carboxylic acids is 2. The van der Waals surface area contributed by atoms with Gasteiger partial charge in [-0.05, 0) is 86.3 Å². The molecule has 6 rings (SSSR count). The average Bonchev–Trinajstić information content (AvgIpc) is 3.24. The number of benzene rings is 4. The van der Waals surface area contributed by atoms with E-state index in [-0.39, 0.29) is 62.0 Å². The molecule has 64 heavy (non-hydrogen) atoms. The Morgan fingerprint density at radius 3 is 1.34 bits per heavy atom. The second-order valence-electron chi connectivity index (χ2n) is 16.9. The Kier molecular flexibility index (Phi) is 27.6. The Morgan fingerprint density at radius 1 is 0.641 bits per heavy atom. The van der Waals surface area contributed by atoms with E-state index in [2.05, 4.69) is 63.1 Å². The standard InChI is InChI=1S/C22H26Cl2N2O.C21H24Cl2N2O2.CH4.B7.ClH.HI/c1-26(2,19-6-4-3-5-7-19)15-16-8-11-18(12-9-16)25-22(27)17-10-13-20(23)21(24)14-17;1-25(2,18-9-11-27-12-10-18)14-15-3-6-17(7-4-15)24-21(26)16-5-8-19(22)20(23)13-16;;1-5-7(4)6(2)3;;/h8-14,19H,3-7,15H2,1-2H3;3-8,13,18H,9-12,14H2,1-2H3;1H4;;2*1H. The van der Waals surface area contributed by atoms with Crippen LogP contribution in [-0.2, 0) is 17.8 Å². The van der Waals surface area contributed by atoms with Gasteiger partial charge in [0.25, 0.3) is 11.8 Å². The van der Waals surface area contributed by atoms with Gasteiger partial charge in [-0.3, -0.25) is 9.59 Å². The molecule has 20 heteroatoms. The van der Waals surface area contributed by atoms with Crippen LogP contribution < -0.4 is 47.0 Å². The third-order valence-corrected chi connectivity index (χ3v) is 12.9. The number of nitrogens with one attached hydrogen (secondary N) is 2. The lowest BCUT2D eigenvalue weighted by Crippen LogP contribution is -3.00. The number of carbonyl (C=O) groups is 2. The summed E-state index contributed by atoms with van der Waals surface area (Å²) >= 11 is 23.8. The van der Waals surface area contributed by atoms with E-state index >= 15 is 0 Å². The van der Waals surface area contributed by atoms with Gasteiger partial charge in [-0.25, -0.2) is 0 Å². The minimum Gasteiger partial charge on any atom is -1.00 e. The lowest BCUT2D eigenvalue weighted by molar-refractivity contribution is -0.929. The molecule has 9 radical (unpaired) electrons. The van der Waals surface area contributed by atoms with Crippen LogP contribution >= 0.6 is 46.4 Å². The van der Waals surface area contributed by atoms with Crippen LogP contribution in [0.15, 0.2) is 84.9 Å². The Labute approximate surface area is 433 Å². The normalized spacial score (nSPS) is 13.9. The van der Waals surface area contributed by atoms with Gasteiger partial charge < -0.3 is 60.7 Å². The number of amides is 2. The minimum absolute atomic E-state index is 0. The molecule has 2 N–H and O–H groups in total. The van der Waals surface area contributed by atoms with Crippen molar-refractivity contribution in [2.24, 2.45) is 0 Å². The largest absolute Gasteiger partial charge is 1.00 e. The number of ether oxygens (including phenoxy) is 1. The quantitative estimate of drug-likeness (QED) is 0.131. The molecule has 2 aliphatic rings. The predicted octanol–water partition coefficient (Wildman–Crippen LogP) is 3.13. The highest BCUT2D eigenvalue weighted by molar-refractivity contribution is 7.81. The van der Waals surface area contributed by atoms with E-state index in [4.69, 9.17) is 82.1 Å². The predicted molar refractivity (Wildman–Crippen MR) is 271 cm³/mol. The summed E-state index contributed by atoms with van der Waals surface area (Å²) < 4.78 is 7.45. The summed E-state index contributed by atoms with van der Waals surface area (Å²) in [6, 6.07) is 27.3. The number of rotatable bonds is 12. The van der Waals surface area contributed by atoms with Crippen molar-refractivity contribution in [2.45, 2.75) is 77.5 Å². The van der Waals surface area contributed by atoms with Crippen molar-refractivity contribution in [1.29, 1.82) is 0 Å².